The molecule has 0 N–H and O–H groups in total. The highest BCUT2D eigenvalue weighted by molar-refractivity contribution is 6.31. The summed E-state index contributed by atoms with van der Waals surface area (Å²) >= 11 is 11.9. The fraction of sp³-hybridized carbons (Fsp3) is 0.267. The average molecular weight is 296 g/mol. The zero-order valence-electron chi connectivity index (χ0n) is 10.9. The number of aryl methyl sites for hydroxylation is 2. The number of nitrogens with zero attached hydrogens (tertiary/aromatic N) is 1. The highest BCUT2D eigenvalue weighted by atomic mass is 35.5. The van der Waals surface area contributed by atoms with Crippen LogP contribution in [0.1, 0.15) is 23.7 Å². The van der Waals surface area contributed by atoms with E-state index >= 15 is 0 Å². The van der Waals surface area contributed by atoms with Crippen molar-refractivity contribution in [3.05, 3.63) is 52.2 Å². The molecule has 0 saturated heterocycles. The van der Waals surface area contributed by atoms with Crippen molar-refractivity contribution in [2.45, 2.75) is 26.1 Å². The standard InChI is InChI=1S/C15H15Cl2NO/c1-3-11-8-13(5-6-14(11)17)19-15-7-4-12(9-16)10(2)18-15/h4-8H,3,9H2,1-2H3. The van der Waals surface area contributed by atoms with Gasteiger partial charge in [0.25, 0.3) is 0 Å². The van der Waals surface area contributed by atoms with Crippen LogP contribution in [0.3, 0.4) is 0 Å². The van der Waals surface area contributed by atoms with E-state index in [-0.39, 0.29) is 0 Å². The second kappa shape index (κ2) is 6.27. The number of halogens is 2. The lowest BCUT2D eigenvalue weighted by Crippen LogP contribution is -1.94. The summed E-state index contributed by atoms with van der Waals surface area (Å²) in [6, 6.07) is 9.38. The number of rotatable bonds is 4. The summed E-state index contributed by atoms with van der Waals surface area (Å²) < 4.78 is 5.74. The molecule has 100 valence electrons. The zero-order chi connectivity index (χ0) is 13.8. The van der Waals surface area contributed by atoms with E-state index in [0.717, 1.165) is 34.0 Å². The fourth-order valence-electron chi connectivity index (χ4n) is 1.77. The summed E-state index contributed by atoms with van der Waals surface area (Å²) in [6.45, 7) is 3.98. The van der Waals surface area contributed by atoms with Crippen molar-refractivity contribution in [2.24, 2.45) is 0 Å². The van der Waals surface area contributed by atoms with Gasteiger partial charge in [-0.1, -0.05) is 24.6 Å². The fourth-order valence-corrected chi connectivity index (χ4v) is 2.30. The van der Waals surface area contributed by atoms with E-state index in [2.05, 4.69) is 11.9 Å². The monoisotopic (exact) mass is 295 g/mol. The van der Waals surface area contributed by atoms with Crippen LogP contribution in [0.5, 0.6) is 11.6 Å². The molecule has 0 aliphatic rings. The Morgan fingerprint density at radius 3 is 2.58 bits per heavy atom. The first-order chi connectivity index (χ1) is 9.13. The number of hydrogen-bond acceptors (Lipinski definition) is 2. The molecule has 1 heterocycles. The van der Waals surface area contributed by atoms with Crippen molar-refractivity contribution in [2.75, 3.05) is 0 Å². The maximum Gasteiger partial charge on any atom is 0.219 e. The highest BCUT2D eigenvalue weighted by Crippen LogP contribution is 2.26. The summed E-state index contributed by atoms with van der Waals surface area (Å²) in [4.78, 5) is 4.38. The summed E-state index contributed by atoms with van der Waals surface area (Å²) in [7, 11) is 0. The van der Waals surface area contributed by atoms with Crippen LogP contribution < -0.4 is 4.74 Å². The van der Waals surface area contributed by atoms with E-state index in [0.29, 0.717) is 11.8 Å². The largest absolute Gasteiger partial charge is 0.439 e. The lowest BCUT2D eigenvalue weighted by atomic mass is 10.1. The Bertz CT molecular complexity index is 584. The number of benzene rings is 1. The van der Waals surface area contributed by atoms with Crippen LogP contribution in [0.25, 0.3) is 0 Å². The first-order valence-corrected chi connectivity index (χ1v) is 7.04. The molecule has 0 amide bonds. The molecule has 4 heteroatoms. The van der Waals surface area contributed by atoms with Crippen molar-refractivity contribution >= 4 is 23.2 Å². The molecule has 0 fully saturated rings. The summed E-state index contributed by atoms with van der Waals surface area (Å²) in [5.74, 6) is 1.77. The summed E-state index contributed by atoms with van der Waals surface area (Å²) in [5, 5.41) is 0.761. The molecule has 2 nitrogen and oxygen atoms in total. The van der Waals surface area contributed by atoms with E-state index in [9.17, 15) is 0 Å². The highest BCUT2D eigenvalue weighted by Gasteiger charge is 2.05. The molecular formula is C15H15Cl2NO. The quantitative estimate of drug-likeness (QED) is 0.729. The van der Waals surface area contributed by atoms with E-state index in [4.69, 9.17) is 27.9 Å². The van der Waals surface area contributed by atoms with Gasteiger partial charge in [-0.05, 0) is 42.7 Å². The van der Waals surface area contributed by atoms with E-state index in [1.807, 2.05) is 37.3 Å². The topological polar surface area (TPSA) is 22.1 Å². The molecular weight excluding hydrogens is 281 g/mol. The van der Waals surface area contributed by atoms with Gasteiger partial charge in [-0.25, -0.2) is 4.98 Å². The molecule has 0 atom stereocenters. The number of ether oxygens (including phenoxy) is 1. The van der Waals surface area contributed by atoms with Crippen LogP contribution in [-0.4, -0.2) is 4.98 Å². The minimum atomic E-state index is 0.458. The molecule has 0 aliphatic carbocycles. The third kappa shape index (κ3) is 3.40. The van der Waals surface area contributed by atoms with Gasteiger partial charge in [-0.3, -0.25) is 0 Å². The summed E-state index contributed by atoms with van der Waals surface area (Å²) in [6.07, 6.45) is 0.869. The molecule has 1 aromatic heterocycles. The van der Waals surface area contributed by atoms with Gasteiger partial charge in [0.05, 0.1) is 0 Å². The van der Waals surface area contributed by atoms with Crippen molar-refractivity contribution in [1.29, 1.82) is 0 Å². The van der Waals surface area contributed by atoms with Crippen LogP contribution in [0, 0.1) is 6.92 Å². The number of pyridine rings is 1. The summed E-state index contributed by atoms with van der Waals surface area (Å²) in [5.41, 5.74) is 2.96. The molecule has 1 aromatic carbocycles. The third-order valence-corrected chi connectivity index (χ3v) is 3.59. The Morgan fingerprint density at radius 1 is 1.16 bits per heavy atom. The Morgan fingerprint density at radius 2 is 1.95 bits per heavy atom. The first kappa shape index (κ1) is 14.2. The lowest BCUT2D eigenvalue weighted by Gasteiger charge is -2.09. The molecule has 2 aromatic rings. The van der Waals surface area contributed by atoms with E-state index < -0.39 is 0 Å². The molecule has 0 unspecified atom stereocenters. The maximum atomic E-state index is 6.08. The van der Waals surface area contributed by atoms with Gasteiger partial charge in [0.1, 0.15) is 5.75 Å². The number of aromatic nitrogens is 1. The van der Waals surface area contributed by atoms with Crippen molar-refractivity contribution in [3.63, 3.8) is 0 Å². The predicted octanol–water partition coefficient (Wildman–Crippen LogP) is 5.14. The van der Waals surface area contributed by atoms with Gasteiger partial charge < -0.3 is 4.74 Å². The second-order valence-electron chi connectivity index (χ2n) is 4.24. The van der Waals surface area contributed by atoms with Crippen LogP contribution in [-0.2, 0) is 12.3 Å². The molecule has 0 saturated carbocycles. The van der Waals surface area contributed by atoms with Gasteiger partial charge in [0.2, 0.25) is 5.88 Å². The van der Waals surface area contributed by atoms with Crippen LogP contribution in [0.15, 0.2) is 30.3 Å². The van der Waals surface area contributed by atoms with Crippen LogP contribution in [0.4, 0.5) is 0 Å². The molecule has 2 rings (SSSR count). The minimum Gasteiger partial charge on any atom is -0.439 e. The Balaban J connectivity index is 2.23. The van der Waals surface area contributed by atoms with E-state index in [1.165, 1.54) is 0 Å². The maximum absolute atomic E-state index is 6.08. The van der Waals surface area contributed by atoms with Crippen molar-refractivity contribution in [1.82, 2.24) is 4.98 Å². The molecule has 19 heavy (non-hydrogen) atoms. The van der Waals surface area contributed by atoms with Gasteiger partial charge in [-0.15, -0.1) is 11.6 Å². The molecule has 0 bridgehead atoms. The normalized spacial score (nSPS) is 10.5. The second-order valence-corrected chi connectivity index (χ2v) is 4.91. The Kier molecular flexibility index (Phi) is 4.67. The van der Waals surface area contributed by atoms with E-state index in [1.54, 1.807) is 0 Å². The predicted molar refractivity (Wildman–Crippen MR) is 79.4 cm³/mol. The average Bonchev–Trinajstić information content (AvgIpc) is 2.41. The number of alkyl halides is 1. The Hall–Kier alpha value is -1.25. The van der Waals surface area contributed by atoms with Crippen LogP contribution >= 0.6 is 23.2 Å². The van der Waals surface area contributed by atoms with Gasteiger partial charge >= 0.3 is 0 Å². The van der Waals surface area contributed by atoms with Crippen molar-refractivity contribution < 1.29 is 4.74 Å². The third-order valence-electron chi connectivity index (χ3n) is 2.93. The lowest BCUT2D eigenvalue weighted by molar-refractivity contribution is 0.460. The smallest absolute Gasteiger partial charge is 0.219 e. The Labute approximate surface area is 123 Å². The number of hydrogen-bond donors (Lipinski definition) is 0. The van der Waals surface area contributed by atoms with Gasteiger partial charge in [0, 0.05) is 22.7 Å². The molecule has 0 spiro atoms. The molecule has 0 aliphatic heterocycles. The first-order valence-electron chi connectivity index (χ1n) is 6.12. The van der Waals surface area contributed by atoms with Gasteiger partial charge in [-0.2, -0.15) is 0 Å². The minimum absolute atomic E-state index is 0.458. The van der Waals surface area contributed by atoms with Gasteiger partial charge in [0.15, 0.2) is 0 Å². The molecule has 0 radical (unpaired) electrons. The SMILES string of the molecule is CCc1cc(Oc2ccc(CCl)c(C)n2)ccc1Cl. The van der Waals surface area contributed by atoms with Crippen LogP contribution in [0.2, 0.25) is 5.02 Å². The van der Waals surface area contributed by atoms with Crippen molar-refractivity contribution in [3.8, 4) is 11.6 Å². The zero-order valence-corrected chi connectivity index (χ0v) is 12.4.